The first-order valence-electron chi connectivity index (χ1n) is 7.87. The molecule has 0 aromatic heterocycles. The fraction of sp³-hybridized carbons (Fsp3) is 0.588. The molecule has 1 heterocycles. The summed E-state index contributed by atoms with van der Waals surface area (Å²) >= 11 is 0. The summed E-state index contributed by atoms with van der Waals surface area (Å²) in [4.78, 5) is 16.3. The van der Waals surface area contributed by atoms with Crippen molar-refractivity contribution >= 4 is 11.7 Å². The maximum atomic E-state index is 11.6. The van der Waals surface area contributed by atoms with E-state index >= 15 is 0 Å². The first kappa shape index (κ1) is 15.8. The van der Waals surface area contributed by atoms with Crippen molar-refractivity contribution in [3.8, 4) is 0 Å². The molecule has 1 fully saturated rings. The van der Waals surface area contributed by atoms with E-state index in [0.717, 1.165) is 26.2 Å². The monoisotopic (exact) mass is 290 g/mol. The van der Waals surface area contributed by atoms with E-state index in [2.05, 4.69) is 34.1 Å². The van der Waals surface area contributed by atoms with Crippen molar-refractivity contribution < 1.29 is 9.90 Å². The lowest BCUT2D eigenvalue weighted by atomic mass is 9.81. The van der Waals surface area contributed by atoms with Crippen molar-refractivity contribution in [1.29, 1.82) is 0 Å². The number of para-hydroxylation sites is 1. The third-order valence-electron chi connectivity index (χ3n) is 4.83. The van der Waals surface area contributed by atoms with E-state index in [9.17, 15) is 9.90 Å². The first-order valence-corrected chi connectivity index (χ1v) is 7.87. The smallest absolute Gasteiger partial charge is 0.310 e. The van der Waals surface area contributed by atoms with E-state index in [1.807, 2.05) is 19.9 Å². The average molecular weight is 290 g/mol. The Labute approximate surface area is 127 Å². The molecule has 1 saturated heterocycles. The van der Waals surface area contributed by atoms with E-state index in [1.165, 1.54) is 5.69 Å². The van der Waals surface area contributed by atoms with Crippen LogP contribution in [0.2, 0.25) is 0 Å². The normalized spacial score (nSPS) is 17.0. The summed E-state index contributed by atoms with van der Waals surface area (Å²) < 4.78 is 0. The number of piperazine rings is 1. The molecule has 1 aliphatic rings. The van der Waals surface area contributed by atoms with Crippen LogP contribution in [-0.2, 0) is 4.79 Å². The molecule has 21 heavy (non-hydrogen) atoms. The Morgan fingerprint density at radius 1 is 1.10 bits per heavy atom. The molecule has 0 spiro atoms. The zero-order valence-corrected chi connectivity index (χ0v) is 13.1. The number of aliphatic carboxylic acids is 1. The van der Waals surface area contributed by atoms with Gasteiger partial charge in [-0.3, -0.25) is 9.69 Å². The summed E-state index contributed by atoms with van der Waals surface area (Å²) in [5, 5.41) is 9.55. The van der Waals surface area contributed by atoms with Crippen LogP contribution in [0.3, 0.4) is 0 Å². The molecular formula is C17H26N2O2. The van der Waals surface area contributed by atoms with Crippen molar-refractivity contribution in [1.82, 2.24) is 4.90 Å². The highest BCUT2D eigenvalue weighted by Crippen LogP contribution is 2.29. The molecule has 0 bridgehead atoms. The summed E-state index contributed by atoms with van der Waals surface area (Å²) in [6.07, 6.45) is 1.38. The molecule has 0 amide bonds. The lowest BCUT2D eigenvalue weighted by Crippen LogP contribution is -2.51. The zero-order valence-electron chi connectivity index (χ0n) is 13.1. The Morgan fingerprint density at radius 2 is 1.67 bits per heavy atom. The van der Waals surface area contributed by atoms with Gasteiger partial charge in [0.15, 0.2) is 0 Å². The Morgan fingerprint density at radius 3 is 2.14 bits per heavy atom. The number of carbonyl (C=O) groups is 1. The topological polar surface area (TPSA) is 43.8 Å². The minimum absolute atomic E-state index is 0.588. The van der Waals surface area contributed by atoms with Gasteiger partial charge in [-0.25, -0.2) is 0 Å². The summed E-state index contributed by atoms with van der Waals surface area (Å²) in [7, 11) is 0. The molecule has 0 unspecified atom stereocenters. The molecule has 0 saturated carbocycles. The van der Waals surface area contributed by atoms with Crippen molar-refractivity contribution in [2.45, 2.75) is 26.7 Å². The number of hydrogen-bond donors (Lipinski definition) is 1. The van der Waals surface area contributed by atoms with Crippen LogP contribution in [0.5, 0.6) is 0 Å². The number of anilines is 1. The van der Waals surface area contributed by atoms with Crippen LogP contribution in [0.15, 0.2) is 30.3 Å². The molecule has 1 aromatic rings. The number of benzene rings is 1. The van der Waals surface area contributed by atoms with Gasteiger partial charge in [0.2, 0.25) is 0 Å². The minimum Gasteiger partial charge on any atom is -0.481 e. The highest BCUT2D eigenvalue weighted by molar-refractivity contribution is 5.74. The fourth-order valence-electron chi connectivity index (χ4n) is 3.07. The van der Waals surface area contributed by atoms with Crippen LogP contribution >= 0.6 is 0 Å². The highest BCUT2D eigenvalue weighted by Gasteiger charge is 2.37. The van der Waals surface area contributed by atoms with E-state index in [0.29, 0.717) is 19.4 Å². The average Bonchev–Trinajstić information content (AvgIpc) is 2.54. The molecule has 4 nitrogen and oxygen atoms in total. The summed E-state index contributed by atoms with van der Waals surface area (Å²) in [6, 6.07) is 10.4. The van der Waals surface area contributed by atoms with Gasteiger partial charge in [-0.1, -0.05) is 32.0 Å². The van der Waals surface area contributed by atoms with E-state index in [1.54, 1.807) is 0 Å². The van der Waals surface area contributed by atoms with Crippen molar-refractivity contribution in [2.75, 3.05) is 37.6 Å². The summed E-state index contributed by atoms with van der Waals surface area (Å²) in [6.45, 7) is 8.43. The number of nitrogens with zero attached hydrogens (tertiary/aromatic N) is 2. The highest BCUT2D eigenvalue weighted by atomic mass is 16.4. The largest absolute Gasteiger partial charge is 0.481 e. The van der Waals surface area contributed by atoms with Gasteiger partial charge in [-0.15, -0.1) is 0 Å². The Kier molecular flexibility index (Phi) is 5.23. The SMILES string of the molecule is CCC(CC)(CN1CCN(c2ccccc2)CC1)C(=O)O. The van der Waals surface area contributed by atoms with Gasteiger partial charge in [0, 0.05) is 38.4 Å². The van der Waals surface area contributed by atoms with Crippen molar-refractivity contribution in [2.24, 2.45) is 5.41 Å². The van der Waals surface area contributed by atoms with Gasteiger partial charge in [0.25, 0.3) is 0 Å². The van der Waals surface area contributed by atoms with Gasteiger partial charge in [-0.2, -0.15) is 0 Å². The Hall–Kier alpha value is -1.55. The van der Waals surface area contributed by atoms with Crippen LogP contribution in [0.4, 0.5) is 5.69 Å². The van der Waals surface area contributed by atoms with Crippen LogP contribution in [-0.4, -0.2) is 48.7 Å². The number of carboxylic acids is 1. The van der Waals surface area contributed by atoms with Gasteiger partial charge in [0.1, 0.15) is 0 Å². The predicted octanol–water partition coefficient (Wildman–Crippen LogP) is 2.70. The Bertz CT molecular complexity index is 449. The summed E-state index contributed by atoms with van der Waals surface area (Å²) in [5.41, 5.74) is 0.669. The minimum atomic E-state index is -0.655. The lowest BCUT2D eigenvalue weighted by Gasteiger charge is -2.40. The lowest BCUT2D eigenvalue weighted by molar-refractivity contribution is -0.150. The maximum absolute atomic E-state index is 11.6. The molecule has 0 aliphatic carbocycles. The van der Waals surface area contributed by atoms with E-state index in [4.69, 9.17) is 0 Å². The van der Waals surface area contributed by atoms with Crippen molar-refractivity contribution in [3.63, 3.8) is 0 Å². The fourth-order valence-corrected chi connectivity index (χ4v) is 3.07. The molecule has 0 radical (unpaired) electrons. The third kappa shape index (κ3) is 3.56. The van der Waals surface area contributed by atoms with Crippen LogP contribution in [0, 0.1) is 5.41 Å². The van der Waals surface area contributed by atoms with Crippen LogP contribution in [0.1, 0.15) is 26.7 Å². The maximum Gasteiger partial charge on any atom is 0.310 e. The van der Waals surface area contributed by atoms with Gasteiger partial charge >= 0.3 is 5.97 Å². The molecule has 0 atom stereocenters. The van der Waals surface area contributed by atoms with E-state index in [-0.39, 0.29) is 0 Å². The molecule has 4 heteroatoms. The number of carboxylic acid groups (broad SMARTS) is 1. The molecule has 1 aromatic carbocycles. The van der Waals surface area contributed by atoms with Gasteiger partial charge in [-0.05, 0) is 25.0 Å². The molecule has 2 rings (SSSR count). The zero-order chi connectivity index (χ0) is 15.3. The molecule has 1 aliphatic heterocycles. The van der Waals surface area contributed by atoms with Crippen LogP contribution in [0.25, 0.3) is 0 Å². The molecule has 116 valence electrons. The molecular weight excluding hydrogens is 264 g/mol. The third-order valence-corrected chi connectivity index (χ3v) is 4.83. The second kappa shape index (κ2) is 6.94. The Balaban J connectivity index is 1.93. The summed E-state index contributed by atoms with van der Waals surface area (Å²) in [5.74, 6) is -0.655. The predicted molar refractivity (Wildman–Crippen MR) is 85.7 cm³/mol. The van der Waals surface area contributed by atoms with Crippen LogP contribution < -0.4 is 4.90 Å². The quantitative estimate of drug-likeness (QED) is 0.875. The van der Waals surface area contributed by atoms with Gasteiger partial charge in [0.05, 0.1) is 5.41 Å². The standard InChI is InChI=1S/C17H26N2O2/c1-3-17(4-2,16(20)21)14-18-10-12-19(13-11-18)15-8-6-5-7-9-15/h5-9H,3-4,10-14H2,1-2H3,(H,20,21). The van der Waals surface area contributed by atoms with Gasteiger partial charge < -0.3 is 10.0 Å². The molecule has 1 N–H and O–H groups in total. The second-order valence-electron chi connectivity index (χ2n) is 5.89. The first-order chi connectivity index (χ1) is 10.1. The number of rotatable bonds is 6. The second-order valence-corrected chi connectivity index (χ2v) is 5.89. The number of hydrogen-bond acceptors (Lipinski definition) is 3. The van der Waals surface area contributed by atoms with E-state index < -0.39 is 11.4 Å². The van der Waals surface area contributed by atoms with Crippen molar-refractivity contribution in [3.05, 3.63) is 30.3 Å².